The first-order valence-electron chi connectivity index (χ1n) is 9.24. The quantitative estimate of drug-likeness (QED) is 0.580. The van der Waals surface area contributed by atoms with Crippen molar-refractivity contribution >= 4 is 22.8 Å². The van der Waals surface area contributed by atoms with Gasteiger partial charge in [0.15, 0.2) is 5.65 Å². The molecule has 3 rings (SSSR count). The Kier molecular flexibility index (Phi) is 5.66. The Hall–Kier alpha value is -2.49. The summed E-state index contributed by atoms with van der Waals surface area (Å²) in [5, 5.41) is 5.42. The Labute approximate surface area is 175 Å². The first-order chi connectivity index (χ1) is 13.8. The van der Waals surface area contributed by atoms with Crippen molar-refractivity contribution < 1.29 is 13.2 Å². The third kappa shape index (κ3) is 4.19. The van der Waals surface area contributed by atoms with Crippen molar-refractivity contribution in [3.05, 3.63) is 56.2 Å². The lowest BCUT2D eigenvalue weighted by molar-refractivity contribution is -0.137. The molecule has 10 heteroatoms. The van der Waals surface area contributed by atoms with Gasteiger partial charge in [0, 0.05) is 13.6 Å². The average Bonchev–Trinajstić information content (AvgIpc) is 3.00. The van der Waals surface area contributed by atoms with Gasteiger partial charge in [0.05, 0.1) is 12.1 Å². The van der Waals surface area contributed by atoms with E-state index in [1.165, 1.54) is 35.5 Å². The van der Waals surface area contributed by atoms with Gasteiger partial charge in [-0.3, -0.25) is 18.6 Å². The molecule has 0 amide bonds. The zero-order valence-corrected chi connectivity index (χ0v) is 18.2. The predicted octanol–water partition coefficient (Wildman–Crippen LogP) is 3.73. The zero-order chi connectivity index (χ0) is 22.4. The number of benzene rings is 1. The van der Waals surface area contributed by atoms with E-state index >= 15 is 0 Å². The van der Waals surface area contributed by atoms with Crippen LogP contribution < -0.4 is 11.2 Å². The second-order valence-electron chi connectivity index (χ2n) is 8.35. The summed E-state index contributed by atoms with van der Waals surface area (Å²) in [6.07, 6.45) is -2.61. The number of hydrogen-bond donors (Lipinski definition) is 0. The minimum absolute atomic E-state index is 0.176. The Balaban J connectivity index is 2.17. The molecule has 0 N–H and O–H groups in total. The summed E-state index contributed by atoms with van der Waals surface area (Å²) in [7, 11) is 1.43. The second kappa shape index (κ2) is 7.64. The van der Waals surface area contributed by atoms with Crippen LogP contribution in [-0.4, -0.2) is 25.2 Å². The Morgan fingerprint density at radius 2 is 1.67 bits per heavy atom. The van der Waals surface area contributed by atoms with Gasteiger partial charge in [0.2, 0.25) is 0 Å². The molecule has 0 fully saturated rings. The zero-order valence-electron chi connectivity index (χ0n) is 17.4. The molecule has 0 bridgehead atoms. The normalized spacial score (nSPS) is 12.7. The summed E-state index contributed by atoms with van der Waals surface area (Å²) < 4.78 is 42.6. The molecule has 0 saturated heterocycles. The average molecular weight is 440 g/mol. The van der Waals surface area contributed by atoms with Gasteiger partial charge in [-0.05, 0) is 29.4 Å². The van der Waals surface area contributed by atoms with E-state index in [9.17, 15) is 22.8 Å². The van der Waals surface area contributed by atoms with Crippen molar-refractivity contribution in [1.82, 2.24) is 18.9 Å². The van der Waals surface area contributed by atoms with Crippen molar-refractivity contribution in [2.45, 2.75) is 45.1 Å². The number of thioether (sulfide) groups is 1. The lowest BCUT2D eigenvalue weighted by Crippen LogP contribution is -2.40. The molecule has 2 heterocycles. The molecule has 0 aliphatic rings. The Morgan fingerprint density at radius 3 is 2.17 bits per heavy atom. The second-order valence-corrected chi connectivity index (χ2v) is 9.15. The van der Waals surface area contributed by atoms with Crippen LogP contribution in [0.3, 0.4) is 0 Å². The van der Waals surface area contributed by atoms with E-state index < -0.39 is 23.0 Å². The van der Waals surface area contributed by atoms with Gasteiger partial charge in [-0.15, -0.1) is 11.8 Å². The highest BCUT2D eigenvalue weighted by molar-refractivity contribution is 7.98. The topological polar surface area (TPSA) is 61.8 Å². The fourth-order valence-corrected chi connectivity index (χ4v) is 3.94. The highest BCUT2D eigenvalue weighted by atomic mass is 32.2. The summed E-state index contributed by atoms with van der Waals surface area (Å²) in [6, 6.07) is 4.82. The first kappa shape index (κ1) is 22.2. The molecule has 0 spiro atoms. The van der Waals surface area contributed by atoms with Crippen LogP contribution in [0.1, 0.15) is 31.9 Å². The summed E-state index contributed by atoms with van der Waals surface area (Å²) in [4.78, 5) is 25.6. The molecule has 162 valence electrons. The summed E-state index contributed by atoms with van der Waals surface area (Å²) in [5.74, 6) is 0. The first-order valence-corrected chi connectivity index (χ1v) is 10.5. The van der Waals surface area contributed by atoms with Gasteiger partial charge in [-0.1, -0.05) is 32.9 Å². The van der Waals surface area contributed by atoms with Gasteiger partial charge in [-0.2, -0.15) is 18.3 Å². The van der Waals surface area contributed by atoms with E-state index in [2.05, 4.69) is 5.10 Å². The Bertz CT molecular complexity index is 1200. The SMILES string of the molecule is CSc1c2c(=O)n(C)c(=O)n(CC(C)(C)C)c2nn1Cc1ccc(C(F)(F)F)cc1. The summed E-state index contributed by atoms with van der Waals surface area (Å²) in [6.45, 7) is 6.47. The van der Waals surface area contributed by atoms with E-state index in [0.29, 0.717) is 22.5 Å². The van der Waals surface area contributed by atoms with Crippen LogP contribution in [0.25, 0.3) is 11.0 Å². The highest BCUT2D eigenvalue weighted by Gasteiger charge is 2.30. The van der Waals surface area contributed by atoms with Gasteiger partial charge < -0.3 is 0 Å². The van der Waals surface area contributed by atoms with Crippen molar-refractivity contribution in [3.8, 4) is 0 Å². The number of nitrogens with zero attached hydrogens (tertiary/aromatic N) is 4. The van der Waals surface area contributed by atoms with Crippen LogP contribution in [0.4, 0.5) is 13.2 Å². The number of fused-ring (bicyclic) bond motifs is 1. The molecule has 0 saturated carbocycles. The minimum atomic E-state index is -4.40. The molecule has 1 aromatic carbocycles. The van der Waals surface area contributed by atoms with Crippen LogP contribution in [0.5, 0.6) is 0 Å². The lowest BCUT2D eigenvalue weighted by Gasteiger charge is -2.20. The largest absolute Gasteiger partial charge is 0.416 e. The van der Waals surface area contributed by atoms with Gasteiger partial charge in [-0.25, -0.2) is 4.79 Å². The number of hydrogen-bond acceptors (Lipinski definition) is 4. The van der Waals surface area contributed by atoms with Gasteiger partial charge in [0.25, 0.3) is 5.56 Å². The van der Waals surface area contributed by atoms with Crippen LogP contribution in [0, 0.1) is 5.41 Å². The third-order valence-corrected chi connectivity index (χ3v) is 5.42. The molecule has 30 heavy (non-hydrogen) atoms. The smallest absolute Gasteiger partial charge is 0.275 e. The molecule has 3 aromatic rings. The van der Waals surface area contributed by atoms with E-state index in [4.69, 9.17) is 0 Å². The molecule has 0 radical (unpaired) electrons. The van der Waals surface area contributed by atoms with Crippen LogP contribution >= 0.6 is 11.8 Å². The maximum absolute atomic E-state index is 12.8. The fourth-order valence-electron chi connectivity index (χ4n) is 3.24. The number of halogens is 3. The minimum Gasteiger partial charge on any atom is -0.275 e. The predicted molar refractivity (Wildman–Crippen MR) is 111 cm³/mol. The molecule has 0 aliphatic heterocycles. The molecule has 0 unspecified atom stereocenters. The molecule has 0 aliphatic carbocycles. The van der Waals surface area contributed by atoms with E-state index in [-0.39, 0.29) is 17.6 Å². The molecule has 6 nitrogen and oxygen atoms in total. The molecular formula is C20H23F3N4O2S. The van der Waals surface area contributed by atoms with Gasteiger partial charge in [0.1, 0.15) is 10.4 Å². The molecule has 0 atom stereocenters. The number of alkyl halides is 3. The number of aromatic nitrogens is 4. The summed E-state index contributed by atoms with van der Waals surface area (Å²) in [5.41, 5.74) is -0.959. The van der Waals surface area contributed by atoms with E-state index in [1.807, 2.05) is 20.8 Å². The van der Waals surface area contributed by atoms with Gasteiger partial charge >= 0.3 is 11.9 Å². The van der Waals surface area contributed by atoms with Crippen molar-refractivity contribution in [2.75, 3.05) is 6.26 Å². The molecule has 2 aromatic heterocycles. The summed E-state index contributed by atoms with van der Waals surface area (Å²) >= 11 is 1.31. The maximum Gasteiger partial charge on any atom is 0.416 e. The van der Waals surface area contributed by atoms with Crippen LogP contribution in [0.15, 0.2) is 38.9 Å². The third-order valence-electron chi connectivity index (χ3n) is 4.62. The standard InChI is InChI=1S/C20H23F3N4O2S/c1-19(2,3)11-26-15-14(16(28)25(4)18(26)29)17(30-5)27(24-15)10-12-6-8-13(9-7-12)20(21,22)23/h6-9H,10-11H2,1-5H3. The lowest BCUT2D eigenvalue weighted by atomic mass is 9.97. The van der Waals surface area contributed by atoms with Crippen LogP contribution in [0.2, 0.25) is 0 Å². The van der Waals surface area contributed by atoms with E-state index in [0.717, 1.165) is 16.7 Å². The van der Waals surface area contributed by atoms with Crippen molar-refractivity contribution in [2.24, 2.45) is 12.5 Å². The van der Waals surface area contributed by atoms with Crippen molar-refractivity contribution in [1.29, 1.82) is 0 Å². The van der Waals surface area contributed by atoms with Crippen LogP contribution in [-0.2, 0) is 26.3 Å². The highest BCUT2D eigenvalue weighted by Crippen LogP contribution is 2.30. The fraction of sp³-hybridized carbons (Fsp3) is 0.450. The maximum atomic E-state index is 12.8. The Morgan fingerprint density at radius 1 is 1.07 bits per heavy atom. The molecular weight excluding hydrogens is 417 g/mol. The van der Waals surface area contributed by atoms with E-state index in [1.54, 1.807) is 10.9 Å². The number of rotatable bonds is 4. The van der Waals surface area contributed by atoms with Crippen molar-refractivity contribution in [3.63, 3.8) is 0 Å². The monoisotopic (exact) mass is 440 g/mol.